The van der Waals surface area contributed by atoms with E-state index in [1.54, 1.807) is 18.2 Å². The Morgan fingerprint density at radius 3 is 1.94 bits per heavy atom. The molecule has 0 aromatic heterocycles. The van der Waals surface area contributed by atoms with Crippen LogP contribution in [-0.2, 0) is 16.5 Å². The SMILES string of the molecule is CCCCCCCCCCCCc1c([O-])cccc1Oc1ccc(S(=O)(=O)O)cc1.[Na+]. The number of ether oxygens (including phenoxy) is 1. The zero-order valence-corrected chi connectivity index (χ0v) is 21.6. The third-order valence-electron chi connectivity index (χ3n) is 5.22. The van der Waals surface area contributed by atoms with Gasteiger partial charge in [-0.25, -0.2) is 0 Å². The van der Waals surface area contributed by atoms with E-state index in [0.29, 0.717) is 23.5 Å². The van der Waals surface area contributed by atoms with E-state index < -0.39 is 10.1 Å². The van der Waals surface area contributed by atoms with E-state index in [9.17, 15) is 13.5 Å². The first-order chi connectivity index (χ1) is 14.4. The minimum absolute atomic E-state index is 0. The molecule has 0 aliphatic carbocycles. The third-order valence-corrected chi connectivity index (χ3v) is 6.09. The molecular formula is C24H33NaO5S. The zero-order chi connectivity index (χ0) is 21.8. The average molecular weight is 457 g/mol. The Morgan fingerprint density at radius 1 is 0.839 bits per heavy atom. The van der Waals surface area contributed by atoms with Gasteiger partial charge in [-0.2, -0.15) is 8.42 Å². The van der Waals surface area contributed by atoms with Crippen LogP contribution >= 0.6 is 0 Å². The fourth-order valence-electron chi connectivity index (χ4n) is 3.48. The van der Waals surface area contributed by atoms with Crippen molar-refractivity contribution in [2.24, 2.45) is 0 Å². The van der Waals surface area contributed by atoms with Gasteiger partial charge in [-0.15, -0.1) is 5.75 Å². The first-order valence-corrected chi connectivity index (χ1v) is 12.4. The summed E-state index contributed by atoms with van der Waals surface area (Å²) in [7, 11) is -4.24. The van der Waals surface area contributed by atoms with Gasteiger partial charge in [0.15, 0.2) is 0 Å². The monoisotopic (exact) mass is 456 g/mol. The minimum atomic E-state index is -4.24. The summed E-state index contributed by atoms with van der Waals surface area (Å²) in [5.74, 6) is 0.869. The quantitative estimate of drug-likeness (QED) is 0.268. The van der Waals surface area contributed by atoms with E-state index >= 15 is 0 Å². The van der Waals surface area contributed by atoms with Crippen LogP contribution in [0.15, 0.2) is 47.4 Å². The fourth-order valence-corrected chi connectivity index (χ4v) is 3.96. The van der Waals surface area contributed by atoms with Crippen LogP contribution in [0.2, 0.25) is 0 Å². The first-order valence-electron chi connectivity index (χ1n) is 11.0. The van der Waals surface area contributed by atoms with Crippen LogP contribution in [-0.4, -0.2) is 13.0 Å². The molecule has 2 rings (SSSR count). The van der Waals surface area contributed by atoms with Crippen LogP contribution in [0.3, 0.4) is 0 Å². The molecule has 0 heterocycles. The number of unbranched alkanes of at least 4 members (excludes halogenated alkanes) is 9. The molecule has 0 radical (unpaired) electrons. The van der Waals surface area contributed by atoms with Gasteiger partial charge in [0.05, 0.1) is 4.90 Å². The van der Waals surface area contributed by atoms with Crippen molar-refractivity contribution in [1.82, 2.24) is 0 Å². The molecule has 0 amide bonds. The first kappa shape index (κ1) is 28.0. The van der Waals surface area contributed by atoms with Crippen LogP contribution in [0.1, 0.15) is 76.7 Å². The van der Waals surface area contributed by atoms with E-state index in [1.165, 1.54) is 75.6 Å². The Morgan fingerprint density at radius 2 is 1.39 bits per heavy atom. The largest absolute Gasteiger partial charge is 1.00 e. The Labute approximate surface area is 209 Å². The topological polar surface area (TPSA) is 86.7 Å². The van der Waals surface area contributed by atoms with Crippen molar-refractivity contribution in [1.29, 1.82) is 0 Å². The fraction of sp³-hybridized carbons (Fsp3) is 0.500. The van der Waals surface area contributed by atoms with E-state index in [0.717, 1.165) is 12.8 Å². The predicted octanol–water partition coefficient (Wildman–Crippen LogP) is 3.27. The van der Waals surface area contributed by atoms with Crippen LogP contribution in [0.5, 0.6) is 17.2 Å². The predicted molar refractivity (Wildman–Crippen MR) is 118 cm³/mol. The number of hydrogen-bond donors (Lipinski definition) is 1. The molecule has 166 valence electrons. The summed E-state index contributed by atoms with van der Waals surface area (Å²) in [4.78, 5) is -0.196. The van der Waals surface area contributed by atoms with Crippen LogP contribution in [0.25, 0.3) is 0 Å². The van der Waals surface area contributed by atoms with Gasteiger partial charge in [0, 0.05) is 0 Å². The molecule has 1 N–H and O–H groups in total. The number of rotatable bonds is 14. The smallest absolute Gasteiger partial charge is 0.872 e. The molecule has 0 fully saturated rings. The minimum Gasteiger partial charge on any atom is -0.872 e. The van der Waals surface area contributed by atoms with Crippen molar-refractivity contribution in [2.45, 2.75) is 82.4 Å². The van der Waals surface area contributed by atoms with E-state index in [1.807, 2.05) is 0 Å². The summed E-state index contributed by atoms with van der Waals surface area (Å²) in [5.41, 5.74) is 0.649. The Hall–Kier alpha value is -1.05. The summed E-state index contributed by atoms with van der Waals surface area (Å²) in [6.07, 6.45) is 13.0. The standard InChI is InChI=1S/C24H34O5S.Na/c1-2-3-4-5-6-7-8-9-10-11-13-22-23(25)14-12-15-24(22)29-20-16-18-21(19-17-20)30(26,27)28;/h12,14-19,25H,2-11,13H2,1H3,(H,26,27,28);/q;+1/p-1. The molecule has 0 aliphatic heterocycles. The summed E-state index contributed by atoms with van der Waals surface area (Å²) in [6.45, 7) is 2.23. The normalized spacial score (nSPS) is 11.2. The molecule has 5 nitrogen and oxygen atoms in total. The van der Waals surface area contributed by atoms with Gasteiger partial charge >= 0.3 is 29.6 Å². The van der Waals surface area contributed by atoms with E-state index in [-0.39, 0.29) is 40.2 Å². The maximum atomic E-state index is 12.3. The second kappa shape index (κ2) is 14.9. The molecule has 2 aromatic carbocycles. The molecule has 0 saturated carbocycles. The van der Waals surface area contributed by atoms with Crippen molar-refractivity contribution in [2.75, 3.05) is 0 Å². The molecule has 2 aromatic rings. The van der Waals surface area contributed by atoms with Gasteiger partial charge in [-0.05, 0) is 48.7 Å². The molecule has 31 heavy (non-hydrogen) atoms. The van der Waals surface area contributed by atoms with Gasteiger partial charge in [-0.3, -0.25) is 4.55 Å². The van der Waals surface area contributed by atoms with Crippen molar-refractivity contribution in [3.63, 3.8) is 0 Å². The summed E-state index contributed by atoms with van der Waals surface area (Å²) in [5, 5.41) is 12.3. The van der Waals surface area contributed by atoms with Gasteiger partial charge in [-0.1, -0.05) is 76.8 Å². The van der Waals surface area contributed by atoms with Crippen molar-refractivity contribution in [3.05, 3.63) is 48.0 Å². The molecule has 0 atom stereocenters. The average Bonchev–Trinajstić information content (AvgIpc) is 2.71. The van der Waals surface area contributed by atoms with Gasteiger partial charge in [0.1, 0.15) is 11.5 Å². The van der Waals surface area contributed by atoms with Gasteiger partial charge in [0.2, 0.25) is 0 Å². The van der Waals surface area contributed by atoms with Gasteiger partial charge < -0.3 is 9.84 Å². The van der Waals surface area contributed by atoms with Crippen LogP contribution in [0.4, 0.5) is 0 Å². The van der Waals surface area contributed by atoms with Crippen LogP contribution < -0.4 is 39.4 Å². The van der Waals surface area contributed by atoms with Crippen LogP contribution in [0, 0.1) is 0 Å². The van der Waals surface area contributed by atoms with E-state index in [2.05, 4.69) is 6.92 Å². The third kappa shape index (κ3) is 10.4. The Kier molecular flexibility index (Phi) is 13.5. The van der Waals surface area contributed by atoms with Crippen molar-refractivity contribution >= 4 is 10.1 Å². The molecule has 0 aliphatic rings. The molecule has 0 spiro atoms. The molecule has 0 bridgehead atoms. The molecule has 7 heteroatoms. The molecule has 0 saturated heterocycles. The second-order valence-corrected chi connectivity index (χ2v) is 9.13. The maximum Gasteiger partial charge on any atom is 1.00 e. The van der Waals surface area contributed by atoms with Crippen molar-refractivity contribution in [3.8, 4) is 17.2 Å². The Balaban J connectivity index is 0.00000480. The van der Waals surface area contributed by atoms with Crippen molar-refractivity contribution < 1.29 is 52.4 Å². The molecular weight excluding hydrogens is 423 g/mol. The summed E-state index contributed by atoms with van der Waals surface area (Å²) >= 11 is 0. The van der Waals surface area contributed by atoms with Gasteiger partial charge in [0.25, 0.3) is 10.1 Å². The maximum absolute atomic E-state index is 12.3. The zero-order valence-electron chi connectivity index (χ0n) is 18.8. The molecule has 0 unspecified atom stereocenters. The Bertz CT molecular complexity index is 866. The number of hydrogen-bond acceptors (Lipinski definition) is 4. The summed E-state index contributed by atoms with van der Waals surface area (Å²) < 4.78 is 37.2. The summed E-state index contributed by atoms with van der Waals surface area (Å²) in [6, 6.07) is 10.4. The second-order valence-electron chi connectivity index (χ2n) is 7.71. The van der Waals surface area contributed by atoms with E-state index in [4.69, 9.17) is 9.29 Å². The number of benzene rings is 2.